The predicted octanol–water partition coefficient (Wildman–Crippen LogP) is 1.03. The Kier molecular flexibility index (Phi) is 7.35. The van der Waals surface area contributed by atoms with Gasteiger partial charge in [0.25, 0.3) is 5.91 Å². The van der Waals surface area contributed by atoms with Gasteiger partial charge in [0.2, 0.25) is 5.91 Å². The fraction of sp³-hybridized carbons (Fsp3) is 0.353. The molecule has 2 aromatic rings. The van der Waals surface area contributed by atoms with Crippen molar-refractivity contribution < 1.29 is 23.6 Å². The zero-order valence-corrected chi connectivity index (χ0v) is 16.0. The largest absolute Gasteiger partial charge is 0.452 e. The number of thioether (sulfide) groups is 1. The van der Waals surface area contributed by atoms with E-state index >= 15 is 0 Å². The molecule has 0 aromatic carbocycles. The third-order valence-electron chi connectivity index (χ3n) is 3.29. The average molecular weight is 392 g/mol. The van der Waals surface area contributed by atoms with Crippen LogP contribution in [0.2, 0.25) is 0 Å². The standard InChI is InChI=1S/C17H20N4O5S/c1-11-7-12(20-26-11)10-27-16-13(5-4-6-18-16)17(24)25-9-14(22)19-8-15(23)21(2)3/h4-7H,8-10H2,1-3H3,(H,19,22). The van der Waals surface area contributed by atoms with Crippen molar-refractivity contribution in [2.45, 2.75) is 17.7 Å². The van der Waals surface area contributed by atoms with E-state index in [4.69, 9.17) is 9.26 Å². The first-order valence-corrected chi connectivity index (χ1v) is 8.99. The minimum absolute atomic E-state index is 0.158. The fourth-order valence-corrected chi connectivity index (χ4v) is 2.74. The molecule has 2 heterocycles. The Morgan fingerprint density at radius 3 is 2.78 bits per heavy atom. The lowest BCUT2D eigenvalue weighted by Gasteiger charge is -2.11. The van der Waals surface area contributed by atoms with Crippen molar-refractivity contribution in [3.8, 4) is 0 Å². The van der Waals surface area contributed by atoms with E-state index in [2.05, 4.69) is 15.5 Å². The normalized spacial score (nSPS) is 10.3. The van der Waals surface area contributed by atoms with Gasteiger partial charge in [-0.05, 0) is 19.1 Å². The first-order chi connectivity index (χ1) is 12.9. The number of ether oxygens (including phenoxy) is 1. The highest BCUT2D eigenvalue weighted by Crippen LogP contribution is 2.24. The summed E-state index contributed by atoms with van der Waals surface area (Å²) in [5.74, 6) is -0.318. The molecule has 2 aromatic heterocycles. The van der Waals surface area contributed by atoms with Crippen LogP contribution in [0, 0.1) is 6.92 Å². The van der Waals surface area contributed by atoms with Crippen LogP contribution in [0.5, 0.6) is 0 Å². The second-order valence-corrected chi connectivity index (χ2v) is 6.68. The molecule has 2 amide bonds. The van der Waals surface area contributed by atoms with Gasteiger partial charge in [0.05, 0.1) is 17.8 Å². The number of nitrogens with zero attached hydrogens (tertiary/aromatic N) is 3. The van der Waals surface area contributed by atoms with Gasteiger partial charge in [-0.15, -0.1) is 0 Å². The molecular formula is C17H20N4O5S. The Hall–Kier alpha value is -2.88. The van der Waals surface area contributed by atoms with Gasteiger partial charge < -0.3 is 19.5 Å². The number of aryl methyl sites for hydroxylation is 1. The van der Waals surface area contributed by atoms with Gasteiger partial charge in [0, 0.05) is 32.1 Å². The summed E-state index contributed by atoms with van der Waals surface area (Å²) in [5.41, 5.74) is 0.979. The molecule has 0 saturated carbocycles. The molecule has 0 spiro atoms. The lowest BCUT2D eigenvalue weighted by molar-refractivity contribution is -0.131. The first kappa shape index (κ1) is 20.4. The number of amides is 2. The van der Waals surface area contributed by atoms with Crippen LogP contribution in [0.15, 0.2) is 33.9 Å². The summed E-state index contributed by atoms with van der Waals surface area (Å²) in [6.07, 6.45) is 1.56. The molecule has 1 N–H and O–H groups in total. The van der Waals surface area contributed by atoms with Crippen LogP contribution >= 0.6 is 11.8 Å². The van der Waals surface area contributed by atoms with Crippen LogP contribution in [-0.4, -0.2) is 60.1 Å². The zero-order valence-electron chi connectivity index (χ0n) is 15.2. The molecule has 2 rings (SSSR count). The Labute approximate surface area is 160 Å². The smallest absolute Gasteiger partial charge is 0.341 e. The van der Waals surface area contributed by atoms with E-state index in [-0.39, 0.29) is 18.0 Å². The van der Waals surface area contributed by atoms with E-state index in [0.717, 1.165) is 5.69 Å². The number of carbonyl (C=O) groups is 3. The lowest BCUT2D eigenvalue weighted by Crippen LogP contribution is -2.38. The number of likely N-dealkylation sites (N-methyl/N-ethyl adjacent to an activating group) is 1. The number of pyridine rings is 1. The number of hydrogen-bond donors (Lipinski definition) is 1. The average Bonchev–Trinajstić information content (AvgIpc) is 3.07. The molecular weight excluding hydrogens is 372 g/mol. The molecule has 10 heteroatoms. The minimum atomic E-state index is -0.670. The highest BCUT2D eigenvalue weighted by atomic mass is 32.2. The van der Waals surface area contributed by atoms with E-state index in [0.29, 0.717) is 16.5 Å². The monoisotopic (exact) mass is 392 g/mol. The fourth-order valence-electron chi connectivity index (χ4n) is 1.88. The van der Waals surface area contributed by atoms with Gasteiger partial charge >= 0.3 is 5.97 Å². The van der Waals surface area contributed by atoms with E-state index in [1.165, 1.54) is 16.7 Å². The third-order valence-corrected chi connectivity index (χ3v) is 4.33. The SMILES string of the molecule is Cc1cc(CSc2ncccc2C(=O)OCC(=O)NCC(=O)N(C)C)no1. The molecule has 0 atom stereocenters. The molecule has 27 heavy (non-hydrogen) atoms. The molecule has 0 unspecified atom stereocenters. The highest BCUT2D eigenvalue weighted by molar-refractivity contribution is 7.98. The first-order valence-electron chi connectivity index (χ1n) is 8.01. The molecule has 0 fully saturated rings. The topological polar surface area (TPSA) is 115 Å². The van der Waals surface area contributed by atoms with Crippen molar-refractivity contribution in [3.63, 3.8) is 0 Å². The summed E-state index contributed by atoms with van der Waals surface area (Å²) in [5, 5.41) is 6.74. The van der Waals surface area contributed by atoms with Crippen molar-refractivity contribution in [2.24, 2.45) is 0 Å². The maximum Gasteiger partial charge on any atom is 0.341 e. The quantitative estimate of drug-likeness (QED) is 0.523. The Bertz CT molecular complexity index is 821. The summed E-state index contributed by atoms with van der Waals surface area (Å²) < 4.78 is 10.0. The number of esters is 1. The Morgan fingerprint density at radius 1 is 1.33 bits per heavy atom. The van der Waals surface area contributed by atoms with Crippen LogP contribution in [0.4, 0.5) is 0 Å². The third kappa shape index (κ3) is 6.41. The number of hydrogen-bond acceptors (Lipinski definition) is 8. The van der Waals surface area contributed by atoms with Crippen LogP contribution in [0.3, 0.4) is 0 Å². The molecule has 144 valence electrons. The van der Waals surface area contributed by atoms with Crippen molar-refractivity contribution in [1.29, 1.82) is 0 Å². The molecule has 0 saturated heterocycles. The van der Waals surface area contributed by atoms with Crippen molar-refractivity contribution in [3.05, 3.63) is 41.4 Å². The van der Waals surface area contributed by atoms with Gasteiger partial charge in [-0.2, -0.15) is 0 Å². The Morgan fingerprint density at radius 2 is 2.11 bits per heavy atom. The summed E-state index contributed by atoms with van der Waals surface area (Å²) in [4.78, 5) is 40.9. The second kappa shape index (κ2) is 9.72. The molecule has 0 aliphatic rings. The van der Waals surface area contributed by atoms with Gasteiger partial charge in [0.15, 0.2) is 6.61 Å². The minimum Gasteiger partial charge on any atom is -0.452 e. The summed E-state index contributed by atoms with van der Waals surface area (Å²) in [6.45, 7) is 1.15. The summed E-state index contributed by atoms with van der Waals surface area (Å²) >= 11 is 1.31. The zero-order chi connectivity index (χ0) is 19.8. The van der Waals surface area contributed by atoms with E-state index in [1.807, 2.05) is 0 Å². The van der Waals surface area contributed by atoms with Gasteiger partial charge in [-0.1, -0.05) is 16.9 Å². The number of rotatable bonds is 8. The van der Waals surface area contributed by atoms with E-state index in [9.17, 15) is 14.4 Å². The highest BCUT2D eigenvalue weighted by Gasteiger charge is 2.17. The molecule has 9 nitrogen and oxygen atoms in total. The van der Waals surface area contributed by atoms with E-state index in [1.54, 1.807) is 45.4 Å². The number of carbonyl (C=O) groups excluding carboxylic acids is 3. The van der Waals surface area contributed by atoms with Gasteiger partial charge in [0.1, 0.15) is 10.8 Å². The van der Waals surface area contributed by atoms with E-state index < -0.39 is 18.5 Å². The summed E-state index contributed by atoms with van der Waals surface area (Å²) in [7, 11) is 3.16. The van der Waals surface area contributed by atoms with Crippen LogP contribution < -0.4 is 5.32 Å². The van der Waals surface area contributed by atoms with Crippen LogP contribution in [-0.2, 0) is 20.1 Å². The van der Waals surface area contributed by atoms with Crippen molar-refractivity contribution in [1.82, 2.24) is 20.4 Å². The maximum atomic E-state index is 12.3. The molecule has 0 bridgehead atoms. The van der Waals surface area contributed by atoms with Crippen LogP contribution in [0.25, 0.3) is 0 Å². The summed E-state index contributed by atoms with van der Waals surface area (Å²) in [6, 6.07) is 4.98. The lowest BCUT2D eigenvalue weighted by atomic mass is 10.3. The van der Waals surface area contributed by atoms with Gasteiger partial charge in [-0.3, -0.25) is 9.59 Å². The second-order valence-electron chi connectivity index (χ2n) is 5.71. The predicted molar refractivity (Wildman–Crippen MR) is 97.0 cm³/mol. The molecule has 0 aliphatic carbocycles. The van der Waals surface area contributed by atoms with Crippen molar-refractivity contribution >= 4 is 29.5 Å². The van der Waals surface area contributed by atoms with Gasteiger partial charge in [-0.25, -0.2) is 9.78 Å². The maximum absolute atomic E-state index is 12.3. The number of aromatic nitrogens is 2. The van der Waals surface area contributed by atoms with Crippen molar-refractivity contribution in [2.75, 3.05) is 27.2 Å². The molecule has 0 radical (unpaired) electrons. The number of nitrogens with one attached hydrogen (secondary N) is 1. The Balaban J connectivity index is 1.88. The molecule has 0 aliphatic heterocycles. The van der Waals surface area contributed by atoms with Crippen LogP contribution in [0.1, 0.15) is 21.8 Å².